The highest BCUT2D eigenvalue weighted by Crippen LogP contribution is 2.31. The van der Waals surface area contributed by atoms with Crippen molar-refractivity contribution in [3.8, 4) is 6.19 Å². The highest BCUT2D eigenvalue weighted by molar-refractivity contribution is 5.88. The first kappa shape index (κ1) is 20.8. The number of fused-ring (bicyclic) bond motifs is 1. The maximum atomic E-state index is 13.0. The summed E-state index contributed by atoms with van der Waals surface area (Å²) in [6.07, 6.45) is 3.49. The predicted molar refractivity (Wildman–Crippen MR) is 112 cm³/mol. The number of hydrogen-bond acceptors (Lipinski definition) is 5. The van der Waals surface area contributed by atoms with Gasteiger partial charge in [-0.2, -0.15) is 23.4 Å². The summed E-state index contributed by atoms with van der Waals surface area (Å²) in [6, 6.07) is 7.15. The van der Waals surface area contributed by atoms with Crippen molar-refractivity contribution in [2.75, 3.05) is 18.0 Å². The monoisotopic (exact) mass is 426 g/mol. The fourth-order valence-corrected chi connectivity index (χ4v) is 4.19. The Kier molecular flexibility index (Phi) is 5.89. The minimum atomic E-state index is -4.40. The van der Waals surface area contributed by atoms with Gasteiger partial charge in [0.25, 0.3) is 0 Å². The smallest absolute Gasteiger partial charge is 0.356 e. The van der Waals surface area contributed by atoms with Crippen LogP contribution in [0.2, 0.25) is 0 Å². The lowest BCUT2D eigenvalue weighted by Crippen LogP contribution is -2.37. The highest BCUT2D eigenvalue weighted by Gasteiger charge is 2.30. The molecule has 0 spiro atoms. The van der Waals surface area contributed by atoms with Crippen LogP contribution in [-0.4, -0.2) is 33.8 Å². The van der Waals surface area contributed by atoms with E-state index in [1.165, 1.54) is 12.4 Å². The molecule has 2 aromatic heterocycles. The average Bonchev–Trinajstić information content (AvgIpc) is 3.23. The van der Waals surface area contributed by atoms with Crippen molar-refractivity contribution in [3.05, 3.63) is 54.0 Å². The van der Waals surface area contributed by atoms with Crippen LogP contribution in [0.4, 0.5) is 19.0 Å². The summed E-state index contributed by atoms with van der Waals surface area (Å²) in [5.74, 6) is 1.10. The summed E-state index contributed by atoms with van der Waals surface area (Å²) < 4.78 is 39.1. The van der Waals surface area contributed by atoms with E-state index in [1.807, 2.05) is 18.5 Å². The molecule has 0 saturated carbocycles. The molecule has 9 heteroatoms. The van der Waals surface area contributed by atoms with E-state index in [0.29, 0.717) is 17.7 Å². The quantitative estimate of drug-likeness (QED) is 0.472. The number of piperidine rings is 1. The summed E-state index contributed by atoms with van der Waals surface area (Å²) in [6.45, 7) is 1.61. The van der Waals surface area contributed by atoms with Gasteiger partial charge >= 0.3 is 6.18 Å². The molecule has 1 saturated heterocycles. The van der Waals surface area contributed by atoms with Gasteiger partial charge in [0.15, 0.2) is 0 Å². The molecule has 6 nitrogen and oxygen atoms in total. The number of rotatable bonds is 5. The first-order chi connectivity index (χ1) is 14.9. The fourth-order valence-electron chi connectivity index (χ4n) is 4.19. The molecule has 31 heavy (non-hydrogen) atoms. The number of nitrogens with zero attached hydrogens (tertiary/aromatic N) is 5. The van der Waals surface area contributed by atoms with Crippen molar-refractivity contribution < 1.29 is 13.2 Å². The second-order valence-electron chi connectivity index (χ2n) is 7.75. The van der Waals surface area contributed by atoms with E-state index in [9.17, 15) is 13.2 Å². The Hall–Kier alpha value is -3.41. The van der Waals surface area contributed by atoms with Gasteiger partial charge in [0, 0.05) is 31.4 Å². The third kappa shape index (κ3) is 4.85. The molecule has 1 atom stereocenters. The summed E-state index contributed by atoms with van der Waals surface area (Å²) in [4.78, 5) is 17.9. The lowest BCUT2D eigenvalue weighted by Gasteiger charge is -2.34. The van der Waals surface area contributed by atoms with Crippen LogP contribution in [0, 0.1) is 17.4 Å². The first-order valence-electron chi connectivity index (χ1n) is 10.1. The molecule has 1 unspecified atom stereocenters. The van der Waals surface area contributed by atoms with Gasteiger partial charge in [0.1, 0.15) is 17.8 Å². The van der Waals surface area contributed by atoms with Crippen LogP contribution >= 0.6 is 0 Å². The van der Waals surface area contributed by atoms with Crippen molar-refractivity contribution in [2.24, 2.45) is 10.9 Å². The maximum absolute atomic E-state index is 13.0. The number of alkyl halides is 3. The van der Waals surface area contributed by atoms with E-state index in [0.717, 1.165) is 54.9 Å². The normalized spacial score (nSPS) is 17.7. The third-order valence-corrected chi connectivity index (χ3v) is 5.55. The van der Waals surface area contributed by atoms with Crippen LogP contribution < -0.4 is 4.90 Å². The molecule has 0 bridgehead atoms. The average molecular weight is 426 g/mol. The van der Waals surface area contributed by atoms with Crippen LogP contribution in [0.1, 0.15) is 30.4 Å². The second-order valence-corrected chi connectivity index (χ2v) is 7.75. The predicted octanol–water partition coefficient (Wildman–Crippen LogP) is 4.75. The SMILES string of the molecule is N#CN=C(Cc1cccc(C(F)(F)F)c1)CC1CCCN(c2ncnc3[nH]ccc23)C1. The lowest BCUT2D eigenvalue weighted by molar-refractivity contribution is -0.137. The largest absolute Gasteiger partial charge is 0.416 e. The molecule has 1 aliphatic rings. The van der Waals surface area contributed by atoms with E-state index < -0.39 is 11.7 Å². The molecule has 3 aromatic rings. The highest BCUT2D eigenvalue weighted by atomic mass is 19.4. The molecule has 0 radical (unpaired) electrons. The van der Waals surface area contributed by atoms with Crippen molar-refractivity contribution >= 4 is 22.6 Å². The summed E-state index contributed by atoms with van der Waals surface area (Å²) in [5, 5.41) is 10.1. The molecule has 4 rings (SSSR count). The van der Waals surface area contributed by atoms with Gasteiger partial charge in [0.05, 0.1) is 10.9 Å². The van der Waals surface area contributed by atoms with Crippen molar-refractivity contribution in [2.45, 2.75) is 31.9 Å². The summed E-state index contributed by atoms with van der Waals surface area (Å²) >= 11 is 0. The van der Waals surface area contributed by atoms with Gasteiger partial charge in [0.2, 0.25) is 6.19 Å². The van der Waals surface area contributed by atoms with Gasteiger partial charge in [-0.15, -0.1) is 0 Å². The van der Waals surface area contributed by atoms with Crippen LogP contribution in [0.25, 0.3) is 11.0 Å². The number of aromatic nitrogens is 3. The number of benzene rings is 1. The number of hydrogen-bond donors (Lipinski definition) is 1. The van der Waals surface area contributed by atoms with Gasteiger partial charge in [-0.1, -0.05) is 18.2 Å². The molecule has 0 aliphatic carbocycles. The van der Waals surface area contributed by atoms with Gasteiger partial charge in [-0.25, -0.2) is 9.97 Å². The van der Waals surface area contributed by atoms with Crippen molar-refractivity contribution in [1.82, 2.24) is 15.0 Å². The number of nitrogens with one attached hydrogen (secondary N) is 1. The number of halogens is 3. The topological polar surface area (TPSA) is 81.0 Å². The van der Waals surface area contributed by atoms with Crippen LogP contribution in [-0.2, 0) is 12.6 Å². The number of anilines is 1. The summed E-state index contributed by atoms with van der Waals surface area (Å²) in [5.41, 5.74) is 1.19. The fraction of sp³-hybridized carbons (Fsp3) is 0.364. The maximum Gasteiger partial charge on any atom is 0.416 e. The Labute approximate surface area is 177 Å². The van der Waals surface area contributed by atoms with E-state index in [2.05, 4.69) is 24.8 Å². The minimum Gasteiger partial charge on any atom is -0.356 e. The molecule has 1 fully saturated rings. The zero-order valence-corrected chi connectivity index (χ0v) is 16.7. The molecule has 3 heterocycles. The number of aromatic amines is 1. The molecule has 1 aliphatic heterocycles. The number of nitriles is 1. The Balaban J connectivity index is 1.48. The van der Waals surface area contributed by atoms with Crippen LogP contribution in [0.5, 0.6) is 0 Å². The Morgan fingerprint density at radius 2 is 2.16 bits per heavy atom. The minimum absolute atomic E-state index is 0.226. The molecule has 1 aromatic carbocycles. The van der Waals surface area contributed by atoms with E-state index >= 15 is 0 Å². The standard InChI is InChI=1S/C22H21F3N6/c23-22(24,25)17-5-1-3-15(9-17)10-18(28-13-26)11-16-4-2-8-31(12-16)21-19-6-7-27-20(19)29-14-30-21/h1,3,5-7,9,14,16H,2,4,8,10-12H2,(H,27,29,30). The van der Waals surface area contributed by atoms with Gasteiger partial charge in [-0.05, 0) is 42.9 Å². The van der Waals surface area contributed by atoms with Crippen LogP contribution in [0.3, 0.4) is 0 Å². The van der Waals surface area contributed by atoms with Crippen molar-refractivity contribution in [3.63, 3.8) is 0 Å². The Bertz CT molecular complexity index is 1130. The van der Waals surface area contributed by atoms with E-state index in [4.69, 9.17) is 5.26 Å². The van der Waals surface area contributed by atoms with E-state index in [1.54, 1.807) is 6.07 Å². The van der Waals surface area contributed by atoms with Crippen LogP contribution in [0.15, 0.2) is 47.8 Å². The third-order valence-electron chi connectivity index (χ3n) is 5.55. The Morgan fingerprint density at radius 1 is 1.29 bits per heavy atom. The van der Waals surface area contributed by atoms with Crippen molar-refractivity contribution in [1.29, 1.82) is 5.26 Å². The van der Waals surface area contributed by atoms with Gasteiger partial charge < -0.3 is 9.88 Å². The lowest BCUT2D eigenvalue weighted by atomic mass is 9.90. The zero-order valence-electron chi connectivity index (χ0n) is 16.7. The van der Waals surface area contributed by atoms with Gasteiger partial charge in [-0.3, -0.25) is 0 Å². The molecule has 160 valence electrons. The van der Waals surface area contributed by atoms with E-state index in [-0.39, 0.29) is 12.3 Å². The second kappa shape index (κ2) is 8.76. The molecular formula is C22H21F3N6. The zero-order chi connectivity index (χ0) is 21.8. The molecule has 0 amide bonds. The Morgan fingerprint density at radius 3 is 2.97 bits per heavy atom. The first-order valence-corrected chi connectivity index (χ1v) is 10.1. The molecule has 1 N–H and O–H groups in total. The number of H-pyrrole nitrogens is 1. The molecular weight excluding hydrogens is 405 g/mol. The summed E-state index contributed by atoms with van der Waals surface area (Å²) in [7, 11) is 0. The number of aliphatic imine (C=N–C) groups is 1.